The van der Waals surface area contributed by atoms with Crippen molar-refractivity contribution < 1.29 is 4.79 Å². The summed E-state index contributed by atoms with van der Waals surface area (Å²) >= 11 is 6.15. The van der Waals surface area contributed by atoms with Gasteiger partial charge in [-0.1, -0.05) is 23.7 Å². The van der Waals surface area contributed by atoms with Gasteiger partial charge >= 0.3 is 0 Å². The summed E-state index contributed by atoms with van der Waals surface area (Å²) in [4.78, 5) is 24.3. The number of benzene rings is 1. The maximum atomic E-state index is 12.5. The minimum absolute atomic E-state index is 0.0920. The molecular weight excluding hydrogens is 398 g/mol. The van der Waals surface area contributed by atoms with E-state index >= 15 is 0 Å². The molecule has 0 atom stereocenters. The molecule has 1 saturated carbocycles. The van der Waals surface area contributed by atoms with Crippen LogP contribution in [0.2, 0.25) is 5.02 Å². The monoisotopic (exact) mass is 427 g/mol. The van der Waals surface area contributed by atoms with Crippen LogP contribution in [-0.2, 0) is 12.8 Å². The number of hydrogen-bond acceptors (Lipinski definition) is 5. The van der Waals surface area contributed by atoms with E-state index in [2.05, 4.69) is 15.5 Å². The van der Waals surface area contributed by atoms with Crippen LogP contribution in [0, 0.1) is 0 Å². The SMILES string of the molecule is CN(C)c1nc(NC2CCC(NC(=O)c3ccccc3Cl)CC2)nc2c1CCCC2. The smallest absolute Gasteiger partial charge is 0.253 e. The molecule has 0 spiro atoms. The summed E-state index contributed by atoms with van der Waals surface area (Å²) in [7, 11) is 4.10. The molecule has 7 heteroatoms. The maximum absolute atomic E-state index is 12.5. The van der Waals surface area contributed by atoms with E-state index in [1.165, 1.54) is 24.1 Å². The molecule has 4 rings (SSSR count). The summed E-state index contributed by atoms with van der Waals surface area (Å²) in [6, 6.07) is 7.69. The second kappa shape index (κ2) is 9.21. The normalized spacial score (nSPS) is 20.9. The fraction of sp³-hybridized carbons (Fsp3) is 0.522. The van der Waals surface area contributed by atoms with Crippen molar-refractivity contribution >= 4 is 29.3 Å². The van der Waals surface area contributed by atoms with E-state index in [-0.39, 0.29) is 11.9 Å². The summed E-state index contributed by atoms with van der Waals surface area (Å²) in [5.74, 6) is 1.69. The molecule has 30 heavy (non-hydrogen) atoms. The molecule has 160 valence electrons. The predicted molar refractivity (Wildman–Crippen MR) is 122 cm³/mol. The number of nitrogens with one attached hydrogen (secondary N) is 2. The lowest BCUT2D eigenvalue weighted by Crippen LogP contribution is -2.40. The lowest BCUT2D eigenvalue weighted by atomic mass is 9.91. The van der Waals surface area contributed by atoms with Crippen LogP contribution in [0.15, 0.2) is 24.3 Å². The van der Waals surface area contributed by atoms with Crippen molar-refractivity contribution in [3.05, 3.63) is 46.1 Å². The summed E-state index contributed by atoms with van der Waals surface area (Å²) in [6.07, 6.45) is 8.34. The number of amides is 1. The number of halogens is 1. The third-order valence-electron chi connectivity index (χ3n) is 6.10. The molecule has 1 aromatic carbocycles. The Morgan fingerprint density at radius 1 is 1.03 bits per heavy atom. The van der Waals surface area contributed by atoms with E-state index in [4.69, 9.17) is 21.6 Å². The minimum atomic E-state index is -0.0920. The van der Waals surface area contributed by atoms with Gasteiger partial charge in [0.25, 0.3) is 5.91 Å². The molecule has 0 saturated heterocycles. The Morgan fingerprint density at radius 2 is 1.73 bits per heavy atom. The highest BCUT2D eigenvalue weighted by Gasteiger charge is 2.25. The van der Waals surface area contributed by atoms with Crippen molar-refractivity contribution in [2.75, 3.05) is 24.3 Å². The highest BCUT2D eigenvalue weighted by molar-refractivity contribution is 6.33. The highest BCUT2D eigenvalue weighted by Crippen LogP contribution is 2.29. The molecule has 2 aromatic rings. The zero-order chi connectivity index (χ0) is 21.1. The Labute approximate surface area is 183 Å². The average Bonchev–Trinajstić information content (AvgIpc) is 2.74. The standard InChI is InChI=1S/C23H30ClN5O/c1-29(2)21-18-8-4-6-10-20(18)27-23(28-21)26-16-13-11-15(12-14-16)25-22(30)17-7-3-5-9-19(17)24/h3,5,7,9,15-16H,4,6,8,10-14H2,1-2H3,(H,25,30)(H,26,27,28). The van der Waals surface area contributed by atoms with Crippen LogP contribution in [0.25, 0.3) is 0 Å². The molecule has 0 unspecified atom stereocenters. The number of aromatic nitrogens is 2. The van der Waals surface area contributed by atoms with Crippen LogP contribution in [-0.4, -0.2) is 42.1 Å². The number of fused-ring (bicyclic) bond motifs is 1. The number of nitrogens with zero attached hydrogens (tertiary/aromatic N) is 3. The van der Waals surface area contributed by atoms with Crippen molar-refractivity contribution in [2.24, 2.45) is 0 Å². The van der Waals surface area contributed by atoms with Crippen molar-refractivity contribution in [2.45, 2.75) is 63.5 Å². The first-order valence-corrected chi connectivity index (χ1v) is 11.3. The number of carbonyl (C=O) groups is 1. The third kappa shape index (κ3) is 4.69. The highest BCUT2D eigenvalue weighted by atomic mass is 35.5. The molecule has 0 radical (unpaired) electrons. The molecule has 1 amide bonds. The van der Waals surface area contributed by atoms with E-state index in [1.54, 1.807) is 12.1 Å². The Morgan fingerprint density at radius 3 is 2.47 bits per heavy atom. The van der Waals surface area contributed by atoms with Gasteiger partial charge in [0, 0.05) is 31.7 Å². The maximum Gasteiger partial charge on any atom is 0.253 e. The molecule has 0 bridgehead atoms. The summed E-state index contributed by atoms with van der Waals surface area (Å²) in [5, 5.41) is 7.19. The van der Waals surface area contributed by atoms with Crippen LogP contribution in [0.4, 0.5) is 11.8 Å². The lowest BCUT2D eigenvalue weighted by molar-refractivity contribution is 0.0926. The Kier molecular flexibility index (Phi) is 6.42. The second-order valence-corrected chi connectivity index (χ2v) is 8.95. The van der Waals surface area contributed by atoms with Gasteiger partial charge in [0.1, 0.15) is 5.82 Å². The van der Waals surface area contributed by atoms with Gasteiger partial charge in [-0.3, -0.25) is 4.79 Å². The first-order chi connectivity index (χ1) is 14.5. The van der Waals surface area contributed by atoms with Gasteiger partial charge < -0.3 is 15.5 Å². The Hall–Kier alpha value is -2.34. The zero-order valence-electron chi connectivity index (χ0n) is 17.7. The second-order valence-electron chi connectivity index (χ2n) is 8.54. The van der Waals surface area contributed by atoms with E-state index in [0.717, 1.165) is 50.3 Å². The molecule has 1 aromatic heterocycles. The molecule has 2 aliphatic rings. The molecule has 1 fully saturated rings. The summed E-state index contributed by atoms with van der Waals surface area (Å²) in [6.45, 7) is 0. The number of rotatable bonds is 5. The zero-order valence-corrected chi connectivity index (χ0v) is 18.5. The van der Waals surface area contributed by atoms with E-state index in [9.17, 15) is 4.79 Å². The third-order valence-corrected chi connectivity index (χ3v) is 6.43. The number of hydrogen-bond donors (Lipinski definition) is 2. The Bertz CT molecular complexity index is 908. The fourth-order valence-electron chi connectivity index (χ4n) is 4.48. The largest absolute Gasteiger partial charge is 0.362 e. The quantitative estimate of drug-likeness (QED) is 0.747. The molecular formula is C23H30ClN5O. The molecule has 0 aliphatic heterocycles. The lowest BCUT2D eigenvalue weighted by Gasteiger charge is -2.30. The predicted octanol–water partition coefficient (Wildman–Crippen LogP) is 4.23. The van der Waals surface area contributed by atoms with Crippen LogP contribution in [0.1, 0.15) is 60.1 Å². The van der Waals surface area contributed by atoms with Crippen LogP contribution in [0.5, 0.6) is 0 Å². The van der Waals surface area contributed by atoms with Gasteiger partial charge in [-0.25, -0.2) is 4.98 Å². The first-order valence-electron chi connectivity index (χ1n) is 10.9. The first kappa shape index (κ1) is 20.9. The summed E-state index contributed by atoms with van der Waals surface area (Å²) in [5.41, 5.74) is 3.05. The topological polar surface area (TPSA) is 70.2 Å². The van der Waals surface area contributed by atoms with Crippen molar-refractivity contribution in [3.8, 4) is 0 Å². The van der Waals surface area contributed by atoms with Gasteiger partial charge in [0.05, 0.1) is 16.3 Å². The summed E-state index contributed by atoms with van der Waals surface area (Å²) < 4.78 is 0. The van der Waals surface area contributed by atoms with E-state index < -0.39 is 0 Å². The van der Waals surface area contributed by atoms with Gasteiger partial charge in [-0.15, -0.1) is 0 Å². The van der Waals surface area contributed by atoms with Crippen LogP contribution < -0.4 is 15.5 Å². The van der Waals surface area contributed by atoms with Gasteiger partial charge in [0.15, 0.2) is 0 Å². The number of anilines is 2. The minimum Gasteiger partial charge on any atom is -0.362 e. The average molecular weight is 428 g/mol. The van der Waals surface area contributed by atoms with Crippen molar-refractivity contribution in [1.29, 1.82) is 0 Å². The van der Waals surface area contributed by atoms with Crippen molar-refractivity contribution in [3.63, 3.8) is 0 Å². The molecule has 1 heterocycles. The van der Waals surface area contributed by atoms with E-state index in [0.29, 0.717) is 16.6 Å². The van der Waals surface area contributed by atoms with Crippen molar-refractivity contribution in [1.82, 2.24) is 15.3 Å². The van der Waals surface area contributed by atoms with Crippen LogP contribution >= 0.6 is 11.6 Å². The number of aryl methyl sites for hydroxylation is 1. The van der Waals surface area contributed by atoms with Gasteiger partial charge in [-0.05, 0) is 63.5 Å². The Balaban J connectivity index is 1.35. The van der Waals surface area contributed by atoms with Crippen LogP contribution in [0.3, 0.4) is 0 Å². The molecule has 2 aliphatic carbocycles. The molecule has 6 nitrogen and oxygen atoms in total. The molecule has 2 N–H and O–H groups in total. The van der Waals surface area contributed by atoms with Gasteiger partial charge in [-0.2, -0.15) is 4.98 Å². The van der Waals surface area contributed by atoms with E-state index in [1.807, 2.05) is 26.2 Å². The fourth-order valence-corrected chi connectivity index (χ4v) is 4.70. The van der Waals surface area contributed by atoms with Gasteiger partial charge in [0.2, 0.25) is 5.95 Å². The number of carbonyl (C=O) groups excluding carboxylic acids is 1.